The number of rotatable bonds is 5. The molecule has 1 aromatic carbocycles. The number of benzene rings is 1. The van der Waals surface area contributed by atoms with Crippen LogP contribution in [0, 0.1) is 6.92 Å². The topological polar surface area (TPSA) is 67.8 Å². The van der Waals surface area contributed by atoms with Crippen LogP contribution in [0.3, 0.4) is 0 Å². The third kappa shape index (κ3) is 4.23. The highest BCUT2D eigenvalue weighted by Crippen LogP contribution is 2.32. The van der Waals surface area contributed by atoms with Crippen LogP contribution in [0.15, 0.2) is 29.4 Å². The van der Waals surface area contributed by atoms with Gasteiger partial charge in [-0.3, -0.25) is 9.69 Å². The Morgan fingerprint density at radius 3 is 2.68 bits per heavy atom. The Kier molecular flexibility index (Phi) is 5.68. The van der Waals surface area contributed by atoms with Crippen LogP contribution in [-0.4, -0.2) is 64.4 Å². The standard InChI is InChI=1S/C20H24N4O3S/c1-3-28-20-21-14(2)10-16(22-20)19(25)24-8-6-23(7-9-24)12-15-4-5-17-18(11-15)27-13-26-17/h4-5,10-11H,3,6-9,12-13H2,1-2H3. The summed E-state index contributed by atoms with van der Waals surface area (Å²) >= 11 is 1.56. The molecular formula is C20H24N4O3S. The number of carbonyl (C=O) groups is 1. The van der Waals surface area contributed by atoms with Gasteiger partial charge >= 0.3 is 0 Å². The van der Waals surface area contributed by atoms with Crippen molar-refractivity contribution in [1.82, 2.24) is 19.8 Å². The van der Waals surface area contributed by atoms with Gasteiger partial charge in [-0.05, 0) is 36.4 Å². The maximum absolute atomic E-state index is 12.9. The number of aromatic nitrogens is 2. The summed E-state index contributed by atoms with van der Waals surface area (Å²) in [7, 11) is 0. The summed E-state index contributed by atoms with van der Waals surface area (Å²) in [6.45, 7) is 8.15. The smallest absolute Gasteiger partial charge is 0.272 e. The molecule has 2 aromatic rings. The molecule has 1 fully saturated rings. The molecule has 3 heterocycles. The SMILES string of the molecule is CCSc1nc(C)cc(C(=O)N2CCN(Cc3ccc4c(c3)OCO4)CC2)n1. The molecule has 7 nitrogen and oxygen atoms in total. The van der Waals surface area contributed by atoms with Gasteiger partial charge in [-0.2, -0.15) is 0 Å². The monoisotopic (exact) mass is 400 g/mol. The molecule has 0 radical (unpaired) electrons. The predicted molar refractivity (Wildman–Crippen MR) is 107 cm³/mol. The number of fused-ring (bicyclic) bond motifs is 1. The van der Waals surface area contributed by atoms with Crippen LogP contribution in [0.1, 0.15) is 28.7 Å². The first-order valence-electron chi connectivity index (χ1n) is 9.51. The quantitative estimate of drug-likeness (QED) is 0.564. The van der Waals surface area contributed by atoms with E-state index in [2.05, 4.69) is 27.9 Å². The molecule has 1 aromatic heterocycles. The minimum atomic E-state index is -0.00816. The molecular weight excluding hydrogens is 376 g/mol. The first-order valence-corrected chi connectivity index (χ1v) is 10.5. The number of hydrogen-bond donors (Lipinski definition) is 0. The molecule has 0 atom stereocenters. The fourth-order valence-corrected chi connectivity index (χ4v) is 4.04. The number of aryl methyl sites for hydroxylation is 1. The Hall–Kier alpha value is -2.32. The average Bonchev–Trinajstić information content (AvgIpc) is 3.16. The summed E-state index contributed by atoms with van der Waals surface area (Å²) in [6, 6.07) is 7.85. The summed E-state index contributed by atoms with van der Waals surface area (Å²) in [6.07, 6.45) is 0. The molecule has 8 heteroatoms. The fourth-order valence-electron chi connectivity index (χ4n) is 3.41. The number of ether oxygens (including phenoxy) is 2. The lowest BCUT2D eigenvalue weighted by atomic mass is 10.1. The maximum Gasteiger partial charge on any atom is 0.272 e. The summed E-state index contributed by atoms with van der Waals surface area (Å²) < 4.78 is 10.8. The number of carbonyl (C=O) groups excluding carboxylic acids is 1. The Morgan fingerprint density at radius 2 is 1.89 bits per heavy atom. The van der Waals surface area contributed by atoms with Gasteiger partial charge in [-0.15, -0.1) is 0 Å². The van der Waals surface area contributed by atoms with Crippen LogP contribution in [-0.2, 0) is 6.54 Å². The molecule has 1 saturated heterocycles. The molecule has 0 saturated carbocycles. The highest BCUT2D eigenvalue weighted by atomic mass is 32.2. The average molecular weight is 401 g/mol. The van der Waals surface area contributed by atoms with Crippen molar-refractivity contribution in [2.45, 2.75) is 25.5 Å². The van der Waals surface area contributed by atoms with E-state index in [1.807, 2.05) is 24.0 Å². The molecule has 0 N–H and O–H groups in total. The molecule has 0 aliphatic carbocycles. The number of thioether (sulfide) groups is 1. The van der Waals surface area contributed by atoms with Crippen LogP contribution in [0.2, 0.25) is 0 Å². The van der Waals surface area contributed by atoms with Crippen molar-refractivity contribution in [3.05, 3.63) is 41.2 Å². The zero-order valence-electron chi connectivity index (χ0n) is 16.2. The van der Waals surface area contributed by atoms with E-state index in [-0.39, 0.29) is 5.91 Å². The normalized spacial score (nSPS) is 16.4. The van der Waals surface area contributed by atoms with E-state index in [9.17, 15) is 4.79 Å². The molecule has 1 amide bonds. The van der Waals surface area contributed by atoms with Gasteiger partial charge in [-0.1, -0.05) is 24.8 Å². The summed E-state index contributed by atoms with van der Waals surface area (Å²) in [5.41, 5.74) is 2.51. The predicted octanol–water partition coefficient (Wildman–Crippen LogP) is 2.58. The molecule has 2 aliphatic heterocycles. The zero-order chi connectivity index (χ0) is 19.5. The number of nitrogens with zero attached hydrogens (tertiary/aromatic N) is 4. The Bertz CT molecular complexity index is 869. The Balaban J connectivity index is 1.35. The fraction of sp³-hybridized carbons (Fsp3) is 0.450. The molecule has 4 rings (SSSR count). The van der Waals surface area contributed by atoms with Crippen molar-refractivity contribution in [1.29, 1.82) is 0 Å². The number of hydrogen-bond acceptors (Lipinski definition) is 7. The molecule has 148 valence electrons. The number of amides is 1. The van der Waals surface area contributed by atoms with Crippen molar-refractivity contribution in [2.75, 3.05) is 38.7 Å². The summed E-state index contributed by atoms with van der Waals surface area (Å²) in [5, 5.41) is 0.673. The van der Waals surface area contributed by atoms with Gasteiger partial charge in [-0.25, -0.2) is 9.97 Å². The van der Waals surface area contributed by atoms with Gasteiger partial charge in [0.05, 0.1) is 0 Å². The van der Waals surface area contributed by atoms with E-state index < -0.39 is 0 Å². The first-order chi connectivity index (χ1) is 13.6. The lowest BCUT2D eigenvalue weighted by Crippen LogP contribution is -2.48. The van der Waals surface area contributed by atoms with Crippen LogP contribution in [0.25, 0.3) is 0 Å². The van der Waals surface area contributed by atoms with Gasteiger partial charge < -0.3 is 14.4 Å². The minimum absolute atomic E-state index is 0.00816. The highest BCUT2D eigenvalue weighted by Gasteiger charge is 2.24. The van der Waals surface area contributed by atoms with Crippen molar-refractivity contribution >= 4 is 17.7 Å². The Morgan fingerprint density at radius 1 is 1.11 bits per heavy atom. The lowest BCUT2D eigenvalue weighted by Gasteiger charge is -2.34. The molecule has 0 spiro atoms. The van der Waals surface area contributed by atoms with Crippen molar-refractivity contribution in [3.63, 3.8) is 0 Å². The van der Waals surface area contributed by atoms with Crippen LogP contribution in [0.5, 0.6) is 11.5 Å². The second-order valence-electron chi connectivity index (χ2n) is 6.87. The third-order valence-electron chi connectivity index (χ3n) is 4.83. The van der Waals surface area contributed by atoms with Crippen LogP contribution in [0.4, 0.5) is 0 Å². The second-order valence-corrected chi connectivity index (χ2v) is 8.10. The third-order valence-corrected chi connectivity index (χ3v) is 5.56. The number of piperazine rings is 1. The summed E-state index contributed by atoms with van der Waals surface area (Å²) in [4.78, 5) is 25.9. The van der Waals surface area contributed by atoms with Crippen molar-refractivity contribution < 1.29 is 14.3 Å². The molecule has 2 aliphatic rings. The van der Waals surface area contributed by atoms with Gasteiger partial charge in [0, 0.05) is 38.4 Å². The van der Waals surface area contributed by atoms with E-state index in [1.165, 1.54) is 5.56 Å². The zero-order valence-corrected chi connectivity index (χ0v) is 17.0. The molecule has 0 unspecified atom stereocenters. The maximum atomic E-state index is 12.9. The Labute approximate surface area is 169 Å². The second kappa shape index (κ2) is 8.36. The first kappa shape index (κ1) is 19.0. The molecule has 0 bridgehead atoms. The minimum Gasteiger partial charge on any atom is -0.454 e. The van der Waals surface area contributed by atoms with Gasteiger partial charge in [0.1, 0.15) is 5.69 Å². The van der Waals surface area contributed by atoms with E-state index in [4.69, 9.17) is 9.47 Å². The van der Waals surface area contributed by atoms with E-state index in [0.29, 0.717) is 30.7 Å². The van der Waals surface area contributed by atoms with E-state index in [1.54, 1.807) is 17.8 Å². The van der Waals surface area contributed by atoms with E-state index >= 15 is 0 Å². The van der Waals surface area contributed by atoms with Crippen LogP contribution >= 0.6 is 11.8 Å². The van der Waals surface area contributed by atoms with Crippen molar-refractivity contribution in [3.8, 4) is 11.5 Å². The van der Waals surface area contributed by atoms with Gasteiger partial charge in [0.2, 0.25) is 6.79 Å². The van der Waals surface area contributed by atoms with E-state index in [0.717, 1.165) is 42.6 Å². The lowest BCUT2D eigenvalue weighted by molar-refractivity contribution is 0.0621. The van der Waals surface area contributed by atoms with Gasteiger partial charge in [0.25, 0.3) is 5.91 Å². The van der Waals surface area contributed by atoms with Crippen molar-refractivity contribution in [2.24, 2.45) is 0 Å². The molecule has 28 heavy (non-hydrogen) atoms. The highest BCUT2D eigenvalue weighted by molar-refractivity contribution is 7.99. The summed E-state index contributed by atoms with van der Waals surface area (Å²) in [5.74, 6) is 2.49. The van der Waals surface area contributed by atoms with Gasteiger partial charge in [0.15, 0.2) is 16.7 Å². The largest absolute Gasteiger partial charge is 0.454 e. The van der Waals surface area contributed by atoms with Crippen LogP contribution < -0.4 is 9.47 Å².